The van der Waals surface area contributed by atoms with Crippen LogP contribution in [0, 0.1) is 0 Å². The van der Waals surface area contributed by atoms with Crippen molar-refractivity contribution in [1.82, 2.24) is 19.7 Å². The molecule has 1 saturated carbocycles. The van der Waals surface area contributed by atoms with E-state index in [9.17, 15) is 4.79 Å². The molecule has 3 N–H and O–H groups in total. The van der Waals surface area contributed by atoms with Crippen LogP contribution in [0.4, 0.5) is 5.69 Å². The van der Waals surface area contributed by atoms with Crippen LogP contribution in [0.3, 0.4) is 0 Å². The predicted octanol–water partition coefficient (Wildman–Crippen LogP) is 1.03. The quantitative estimate of drug-likeness (QED) is 0.848. The smallest absolute Gasteiger partial charge is 0.344 e. The van der Waals surface area contributed by atoms with Crippen LogP contribution in [0.25, 0.3) is 0 Å². The number of rotatable bonds is 3. The Morgan fingerprint density at radius 2 is 2.35 bits per heavy atom. The molecule has 3 rings (SSSR count). The van der Waals surface area contributed by atoms with Gasteiger partial charge >= 0.3 is 5.69 Å². The van der Waals surface area contributed by atoms with E-state index in [1.807, 2.05) is 0 Å². The summed E-state index contributed by atoms with van der Waals surface area (Å²) in [7, 11) is 0. The van der Waals surface area contributed by atoms with Gasteiger partial charge < -0.3 is 5.73 Å². The van der Waals surface area contributed by atoms with Crippen molar-refractivity contribution in [2.45, 2.75) is 29.1 Å². The number of aromatic nitrogens is 4. The number of H-pyrrole nitrogens is 1. The van der Waals surface area contributed by atoms with Crippen molar-refractivity contribution < 1.29 is 0 Å². The Hall–Kier alpha value is -1.76. The van der Waals surface area contributed by atoms with Crippen LogP contribution >= 0.6 is 11.8 Å². The van der Waals surface area contributed by atoms with Gasteiger partial charge in [0.1, 0.15) is 5.03 Å². The van der Waals surface area contributed by atoms with Crippen LogP contribution in [-0.2, 0) is 0 Å². The molecule has 0 atom stereocenters. The summed E-state index contributed by atoms with van der Waals surface area (Å²) in [6, 6.07) is 3.79. The Labute approximate surface area is 101 Å². The highest BCUT2D eigenvalue weighted by Crippen LogP contribution is 2.37. The van der Waals surface area contributed by atoms with Crippen molar-refractivity contribution in [1.29, 1.82) is 0 Å². The molecule has 6 nitrogen and oxygen atoms in total. The predicted molar refractivity (Wildman–Crippen MR) is 63.9 cm³/mol. The van der Waals surface area contributed by atoms with E-state index in [1.165, 1.54) is 11.8 Å². The first-order valence-electron chi connectivity index (χ1n) is 5.30. The number of nitrogens with one attached hydrogen (secondary N) is 1. The highest BCUT2D eigenvalue weighted by atomic mass is 32.2. The molecule has 1 fully saturated rings. The lowest BCUT2D eigenvalue weighted by atomic mass is 10.4. The summed E-state index contributed by atoms with van der Waals surface area (Å²) in [5.74, 6) is 0. The topological polar surface area (TPSA) is 89.6 Å². The number of hydrogen-bond donors (Lipinski definition) is 2. The fraction of sp³-hybridized carbons (Fsp3) is 0.300. The average Bonchev–Trinajstić information content (AvgIpc) is 3.05. The van der Waals surface area contributed by atoms with E-state index >= 15 is 0 Å². The maximum absolute atomic E-state index is 11.6. The van der Waals surface area contributed by atoms with Crippen LogP contribution in [0.2, 0.25) is 0 Å². The molecule has 0 amide bonds. The summed E-state index contributed by atoms with van der Waals surface area (Å²) >= 11 is 1.35. The summed E-state index contributed by atoms with van der Waals surface area (Å²) in [5, 5.41) is 7.87. The van der Waals surface area contributed by atoms with Crippen LogP contribution in [-0.4, -0.2) is 19.7 Å². The number of nitrogen functional groups attached to an aromatic ring is 1. The van der Waals surface area contributed by atoms with Crippen LogP contribution < -0.4 is 11.4 Å². The lowest BCUT2D eigenvalue weighted by Gasteiger charge is -2.02. The number of pyridine rings is 1. The first kappa shape index (κ1) is 10.4. The van der Waals surface area contributed by atoms with Gasteiger partial charge in [0, 0.05) is 17.9 Å². The molecular weight excluding hydrogens is 238 g/mol. The zero-order valence-corrected chi connectivity index (χ0v) is 9.78. The van der Waals surface area contributed by atoms with Crippen molar-refractivity contribution in [3.63, 3.8) is 0 Å². The van der Waals surface area contributed by atoms with Gasteiger partial charge in [-0.25, -0.2) is 14.9 Å². The molecule has 1 aliphatic carbocycles. The molecule has 0 aliphatic heterocycles. The molecule has 0 spiro atoms. The van der Waals surface area contributed by atoms with E-state index in [0.717, 1.165) is 17.9 Å². The van der Waals surface area contributed by atoms with Crippen molar-refractivity contribution >= 4 is 17.4 Å². The Bertz CT molecular complexity index is 601. The van der Waals surface area contributed by atoms with Crippen molar-refractivity contribution in [2.75, 3.05) is 5.73 Å². The molecule has 0 aromatic carbocycles. The summed E-state index contributed by atoms with van der Waals surface area (Å²) in [6.07, 6.45) is 3.72. The van der Waals surface area contributed by atoms with Crippen LogP contribution in [0.1, 0.15) is 18.9 Å². The van der Waals surface area contributed by atoms with Gasteiger partial charge in [0.05, 0.1) is 0 Å². The molecule has 17 heavy (non-hydrogen) atoms. The first-order chi connectivity index (χ1) is 8.24. The second kappa shape index (κ2) is 3.92. The molecule has 88 valence electrons. The molecule has 2 aromatic rings. The Morgan fingerprint density at radius 1 is 1.53 bits per heavy atom. The zero-order chi connectivity index (χ0) is 11.8. The molecule has 2 aromatic heterocycles. The number of nitrogens with two attached hydrogens (primary N) is 1. The van der Waals surface area contributed by atoms with Gasteiger partial charge in [0.15, 0.2) is 5.16 Å². The zero-order valence-electron chi connectivity index (χ0n) is 8.96. The molecule has 0 saturated heterocycles. The van der Waals surface area contributed by atoms with Crippen molar-refractivity contribution in [3.05, 3.63) is 28.8 Å². The second-order valence-corrected chi connectivity index (χ2v) is 4.93. The minimum atomic E-state index is -0.154. The maximum Gasteiger partial charge on any atom is 0.344 e. The Balaban J connectivity index is 1.92. The molecule has 0 bridgehead atoms. The van der Waals surface area contributed by atoms with E-state index in [0.29, 0.717) is 16.9 Å². The number of hydrogen-bond acceptors (Lipinski definition) is 5. The monoisotopic (exact) mass is 249 g/mol. The second-order valence-electron chi connectivity index (χ2n) is 3.94. The average molecular weight is 249 g/mol. The Morgan fingerprint density at radius 3 is 3.06 bits per heavy atom. The summed E-state index contributed by atoms with van der Waals surface area (Å²) in [6.45, 7) is 0. The van der Waals surface area contributed by atoms with E-state index in [2.05, 4.69) is 15.2 Å². The van der Waals surface area contributed by atoms with Gasteiger partial charge in [0.25, 0.3) is 0 Å². The van der Waals surface area contributed by atoms with Crippen molar-refractivity contribution in [2.24, 2.45) is 0 Å². The summed E-state index contributed by atoms with van der Waals surface area (Å²) in [5.41, 5.74) is 6.18. The normalized spacial score (nSPS) is 15.1. The van der Waals surface area contributed by atoms with Gasteiger partial charge in [-0.2, -0.15) is 0 Å². The van der Waals surface area contributed by atoms with Crippen LogP contribution in [0.15, 0.2) is 33.3 Å². The molecule has 2 heterocycles. The van der Waals surface area contributed by atoms with Crippen molar-refractivity contribution in [3.8, 4) is 0 Å². The Kier molecular flexibility index (Phi) is 2.40. The van der Waals surface area contributed by atoms with Gasteiger partial charge in [0.2, 0.25) is 0 Å². The summed E-state index contributed by atoms with van der Waals surface area (Å²) in [4.78, 5) is 15.7. The number of nitrogens with zero attached hydrogens (tertiary/aromatic N) is 3. The summed E-state index contributed by atoms with van der Waals surface area (Å²) < 4.78 is 1.69. The van der Waals surface area contributed by atoms with Gasteiger partial charge in [-0.05, 0) is 36.7 Å². The number of aromatic amines is 1. The highest BCUT2D eigenvalue weighted by Gasteiger charge is 2.28. The van der Waals surface area contributed by atoms with E-state index in [4.69, 9.17) is 5.73 Å². The lowest BCUT2D eigenvalue weighted by molar-refractivity contribution is 0.642. The molecule has 0 unspecified atom stereocenters. The van der Waals surface area contributed by atoms with E-state index in [1.54, 1.807) is 22.9 Å². The highest BCUT2D eigenvalue weighted by molar-refractivity contribution is 7.99. The van der Waals surface area contributed by atoms with Crippen LogP contribution in [0.5, 0.6) is 0 Å². The van der Waals surface area contributed by atoms with Gasteiger partial charge in [-0.3, -0.25) is 4.57 Å². The van der Waals surface area contributed by atoms with E-state index < -0.39 is 0 Å². The lowest BCUT2D eigenvalue weighted by Crippen LogP contribution is -2.16. The van der Waals surface area contributed by atoms with Gasteiger partial charge in [-0.15, -0.1) is 5.10 Å². The fourth-order valence-corrected chi connectivity index (χ4v) is 2.51. The number of anilines is 1. The minimum absolute atomic E-state index is 0.154. The SMILES string of the molecule is Nc1ccnc(Sc2n[nH]c(=O)n2C2CC2)c1. The third-order valence-corrected chi connectivity index (χ3v) is 3.44. The third-order valence-electron chi connectivity index (χ3n) is 2.54. The minimum Gasteiger partial charge on any atom is -0.399 e. The standard InChI is InChI=1S/C10H11N5OS/c11-6-3-4-12-8(5-6)17-10-14-13-9(16)15(10)7-1-2-7/h3-5,7H,1-2H2,(H2,11,12)(H,13,16). The maximum atomic E-state index is 11.6. The molecule has 0 radical (unpaired) electrons. The fourth-order valence-electron chi connectivity index (χ4n) is 1.59. The molecule has 1 aliphatic rings. The van der Waals surface area contributed by atoms with Gasteiger partial charge in [-0.1, -0.05) is 0 Å². The molecular formula is C10H11N5OS. The first-order valence-corrected chi connectivity index (χ1v) is 6.12. The van der Waals surface area contributed by atoms with E-state index in [-0.39, 0.29) is 5.69 Å². The molecule has 7 heteroatoms. The largest absolute Gasteiger partial charge is 0.399 e. The third kappa shape index (κ3) is 2.05.